The molecule has 0 fully saturated rings. The number of ether oxygens (including phenoxy) is 1. The number of rotatable bonds is 2. The summed E-state index contributed by atoms with van der Waals surface area (Å²) < 4.78 is 4.62. The average Bonchev–Trinajstić information content (AvgIpc) is 2.29. The van der Waals surface area contributed by atoms with Crippen LogP contribution in [0, 0.1) is 11.8 Å². The van der Waals surface area contributed by atoms with Gasteiger partial charge in [-0.05, 0) is 25.2 Å². The van der Waals surface area contributed by atoms with E-state index in [0.29, 0.717) is 12.1 Å². The zero-order chi connectivity index (χ0) is 11.1. The van der Waals surface area contributed by atoms with Crippen LogP contribution in [0.2, 0.25) is 0 Å². The third-order valence-corrected chi connectivity index (χ3v) is 1.78. The van der Waals surface area contributed by atoms with E-state index in [1.54, 1.807) is 18.2 Å². The highest BCUT2D eigenvalue weighted by Gasteiger charge is 2.03. The summed E-state index contributed by atoms with van der Waals surface area (Å²) in [6.07, 6.45) is 0. The van der Waals surface area contributed by atoms with Crippen LogP contribution in [0.25, 0.3) is 0 Å². The van der Waals surface area contributed by atoms with Crippen LogP contribution in [0.3, 0.4) is 0 Å². The zero-order valence-corrected chi connectivity index (χ0v) is 8.83. The molecule has 1 aromatic carbocycles. The summed E-state index contributed by atoms with van der Waals surface area (Å²) in [4.78, 5) is 11.2. The van der Waals surface area contributed by atoms with Gasteiger partial charge in [-0.15, -0.1) is 0 Å². The Bertz CT molecular complexity index is 402. The molecule has 3 nitrogen and oxygen atoms in total. The summed E-state index contributed by atoms with van der Waals surface area (Å²) in [5, 5.41) is 2.92. The molecule has 15 heavy (non-hydrogen) atoms. The maximum absolute atomic E-state index is 11.2. The first-order chi connectivity index (χ1) is 7.27. The van der Waals surface area contributed by atoms with Crippen molar-refractivity contribution in [3.63, 3.8) is 0 Å². The maximum atomic E-state index is 11.2. The predicted molar refractivity (Wildman–Crippen MR) is 58.6 cm³/mol. The highest BCUT2D eigenvalue weighted by Crippen LogP contribution is 2.05. The first-order valence-electron chi connectivity index (χ1n) is 4.59. The molecule has 0 aliphatic rings. The van der Waals surface area contributed by atoms with Crippen molar-refractivity contribution in [1.29, 1.82) is 0 Å². The largest absolute Gasteiger partial charge is 0.465 e. The highest BCUT2D eigenvalue weighted by atomic mass is 16.5. The van der Waals surface area contributed by atoms with Crippen LogP contribution in [0.5, 0.6) is 0 Å². The van der Waals surface area contributed by atoms with Crippen LogP contribution in [-0.2, 0) is 4.74 Å². The molecule has 0 aromatic heterocycles. The van der Waals surface area contributed by atoms with E-state index in [1.807, 2.05) is 13.1 Å². The van der Waals surface area contributed by atoms with E-state index < -0.39 is 0 Å². The van der Waals surface area contributed by atoms with E-state index in [9.17, 15) is 4.79 Å². The van der Waals surface area contributed by atoms with Crippen molar-refractivity contribution >= 4 is 5.97 Å². The van der Waals surface area contributed by atoms with E-state index in [4.69, 9.17) is 0 Å². The van der Waals surface area contributed by atoms with Gasteiger partial charge in [0.1, 0.15) is 0 Å². The van der Waals surface area contributed by atoms with Crippen molar-refractivity contribution in [2.24, 2.45) is 0 Å². The van der Waals surface area contributed by atoms with Crippen LogP contribution >= 0.6 is 0 Å². The molecule has 0 radical (unpaired) electrons. The smallest absolute Gasteiger partial charge is 0.337 e. The molecule has 0 amide bonds. The van der Waals surface area contributed by atoms with Gasteiger partial charge in [0.15, 0.2) is 0 Å². The van der Waals surface area contributed by atoms with Crippen molar-refractivity contribution in [2.75, 3.05) is 20.7 Å². The van der Waals surface area contributed by atoms with Gasteiger partial charge in [-0.3, -0.25) is 0 Å². The molecule has 1 N–H and O–H groups in total. The lowest BCUT2D eigenvalue weighted by molar-refractivity contribution is 0.0600. The lowest BCUT2D eigenvalue weighted by Gasteiger charge is -1.98. The summed E-state index contributed by atoms with van der Waals surface area (Å²) in [5.74, 6) is 5.53. The van der Waals surface area contributed by atoms with Gasteiger partial charge in [-0.1, -0.05) is 17.9 Å². The molecule has 78 valence electrons. The summed E-state index contributed by atoms with van der Waals surface area (Å²) in [6, 6.07) is 7.06. The fourth-order valence-corrected chi connectivity index (χ4v) is 1.08. The zero-order valence-electron chi connectivity index (χ0n) is 8.83. The number of nitrogens with one attached hydrogen (secondary N) is 1. The van der Waals surface area contributed by atoms with E-state index in [1.165, 1.54) is 7.11 Å². The molecular weight excluding hydrogens is 190 g/mol. The van der Waals surface area contributed by atoms with Crippen molar-refractivity contribution in [3.05, 3.63) is 35.4 Å². The molecule has 0 saturated carbocycles. The second kappa shape index (κ2) is 5.84. The number of esters is 1. The number of methoxy groups -OCH3 is 1. The van der Waals surface area contributed by atoms with Crippen LogP contribution in [-0.4, -0.2) is 26.7 Å². The first-order valence-corrected chi connectivity index (χ1v) is 4.59. The van der Waals surface area contributed by atoms with Gasteiger partial charge in [-0.2, -0.15) is 0 Å². The molecular formula is C12H13NO2. The Kier molecular flexibility index (Phi) is 4.39. The molecule has 0 atom stereocenters. The Labute approximate surface area is 89.4 Å². The second-order valence-corrected chi connectivity index (χ2v) is 2.90. The topological polar surface area (TPSA) is 38.3 Å². The van der Waals surface area contributed by atoms with Gasteiger partial charge in [0.25, 0.3) is 0 Å². The molecule has 3 heteroatoms. The van der Waals surface area contributed by atoms with Gasteiger partial charge >= 0.3 is 5.97 Å². The van der Waals surface area contributed by atoms with Crippen LogP contribution in [0.1, 0.15) is 15.9 Å². The van der Waals surface area contributed by atoms with Gasteiger partial charge in [0.2, 0.25) is 0 Å². The second-order valence-electron chi connectivity index (χ2n) is 2.90. The average molecular weight is 203 g/mol. The minimum Gasteiger partial charge on any atom is -0.465 e. The molecule has 0 heterocycles. The van der Waals surface area contributed by atoms with Crippen molar-refractivity contribution in [3.8, 4) is 11.8 Å². The lowest BCUT2D eigenvalue weighted by atomic mass is 10.1. The Morgan fingerprint density at radius 3 is 3.00 bits per heavy atom. The third kappa shape index (κ3) is 3.45. The Hall–Kier alpha value is -1.79. The van der Waals surface area contributed by atoms with Gasteiger partial charge in [0, 0.05) is 5.56 Å². The Balaban J connectivity index is 2.84. The minimum atomic E-state index is -0.340. The van der Waals surface area contributed by atoms with E-state index in [-0.39, 0.29) is 5.97 Å². The number of carbonyl (C=O) groups is 1. The normalized spacial score (nSPS) is 8.93. The van der Waals surface area contributed by atoms with Crippen molar-refractivity contribution in [2.45, 2.75) is 0 Å². The van der Waals surface area contributed by atoms with Crippen LogP contribution in [0.15, 0.2) is 24.3 Å². The summed E-state index contributed by atoms with van der Waals surface area (Å²) >= 11 is 0. The summed E-state index contributed by atoms with van der Waals surface area (Å²) in [5.41, 5.74) is 1.34. The summed E-state index contributed by atoms with van der Waals surface area (Å²) in [6.45, 7) is 0.627. The van der Waals surface area contributed by atoms with Gasteiger partial charge in [-0.25, -0.2) is 4.79 Å². The molecule has 0 unspecified atom stereocenters. The first kappa shape index (κ1) is 11.3. The standard InChI is InChI=1S/C12H13NO2/c1-13-8-4-6-10-5-3-7-11(9-10)12(14)15-2/h3,5,7,9,13H,8H2,1-2H3. The monoisotopic (exact) mass is 203 g/mol. The molecule has 0 aliphatic heterocycles. The van der Waals surface area contributed by atoms with E-state index in [2.05, 4.69) is 21.9 Å². The highest BCUT2D eigenvalue weighted by molar-refractivity contribution is 5.89. The molecule has 1 aromatic rings. The maximum Gasteiger partial charge on any atom is 0.337 e. The van der Waals surface area contributed by atoms with Gasteiger partial charge < -0.3 is 10.1 Å². The number of hydrogen-bond donors (Lipinski definition) is 1. The fourth-order valence-electron chi connectivity index (χ4n) is 1.08. The van der Waals surface area contributed by atoms with Crippen molar-refractivity contribution < 1.29 is 9.53 Å². The number of hydrogen-bond acceptors (Lipinski definition) is 3. The van der Waals surface area contributed by atoms with Gasteiger partial charge in [0.05, 0.1) is 19.2 Å². The Morgan fingerprint density at radius 1 is 1.53 bits per heavy atom. The third-order valence-electron chi connectivity index (χ3n) is 1.78. The molecule has 0 aliphatic carbocycles. The predicted octanol–water partition coefficient (Wildman–Crippen LogP) is 1.04. The molecule has 0 spiro atoms. The number of benzene rings is 1. The Morgan fingerprint density at radius 2 is 2.33 bits per heavy atom. The quantitative estimate of drug-likeness (QED) is 0.576. The number of carbonyl (C=O) groups excluding carboxylic acids is 1. The summed E-state index contributed by atoms with van der Waals surface area (Å²) in [7, 11) is 3.20. The van der Waals surface area contributed by atoms with E-state index >= 15 is 0 Å². The van der Waals surface area contributed by atoms with Crippen molar-refractivity contribution in [1.82, 2.24) is 5.32 Å². The van der Waals surface area contributed by atoms with Crippen LogP contribution < -0.4 is 5.32 Å². The molecule has 0 bridgehead atoms. The molecule has 0 saturated heterocycles. The fraction of sp³-hybridized carbons (Fsp3) is 0.250. The van der Waals surface area contributed by atoms with Crippen LogP contribution in [0.4, 0.5) is 0 Å². The lowest BCUT2D eigenvalue weighted by Crippen LogP contribution is -2.04. The SMILES string of the molecule is CNCC#Cc1cccc(C(=O)OC)c1. The minimum absolute atomic E-state index is 0.340. The molecule has 1 rings (SSSR count). The van der Waals surface area contributed by atoms with E-state index in [0.717, 1.165) is 5.56 Å².